The number of rotatable bonds is 5. The summed E-state index contributed by atoms with van der Waals surface area (Å²) in [6.07, 6.45) is 7.79. The van der Waals surface area contributed by atoms with Gasteiger partial charge < -0.3 is 0 Å². The summed E-state index contributed by atoms with van der Waals surface area (Å²) in [5.74, 6) is 2.46. The molecule has 0 atom stereocenters. The number of imidazole rings is 1. The summed E-state index contributed by atoms with van der Waals surface area (Å²) < 4.78 is 2.25. The van der Waals surface area contributed by atoms with Crippen LogP contribution in [0, 0.1) is 6.92 Å². The van der Waals surface area contributed by atoms with Gasteiger partial charge in [0.25, 0.3) is 0 Å². The van der Waals surface area contributed by atoms with Gasteiger partial charge >= 0.3 is 0 Å². The van der Waals surface area contributed by atoms with Crippen molar-refractivity contribution in [2.75, 3.05) is 0 Å². The van der Waals surface area contributed by atoms with Gasteiger partial charge in [0.1, 0.15) is 11.6 Å². The molecule has 0 radical (unpaired) electrons. The van der Waals surface area contributed by atoms with Crippen LogP contribution in [0.5, 0.6) is 0 Å². The van der Waals surface area contributed by atoms with Crippen molar-refractivity contribution in [1.82, 2.24) is 19.5 Å². The molecule has 0 saturated heterocycles. The minimum absolute atomic E-state index is 0.356. The maximum absolute atomic E-state index is 4.70. The first-order valence-electron chi connectivity index (χ1n) is 10.5. The molecule has 2 aromatic heterocycles. The van der Waals surface area contributed by atoms with Gasteiger partial charge in [0.2, 0.25) is 0 Å². The third-order valence-corrected chi connectivity index (χ3v) is 5.44. The van der Waals surface area contributed by atoms with Gasteiger partial charge in [-0.1, -0.05) is 58.0 Å². The Kier molecular flexibility index (Phi) is 5.49. The molecule has 0 unspecified atom stereocenters. The fraction of sp³-hybridized carbons (Fsp3) is 0.269. The number of hydrogen-bond donors (Lipinski definition) is 0. The molecule has 0 fully saturated rings. The zero-order valence-corrected chi connectivity index (χ0v) is 18.3. The summed E-state index contributed by atoms with van der Waals surface area (Å²) in [6.45, 7) is 10.9. The van der Waals surface area contributed by atoms with Crippen molar-refractivity contribution in [2.24, 2.45) is 0 Å². The SMILES string of the molecule is Cc1ncc(-c2cc(C(C)C)c(-n3ccnc3-c3ccccc3)c(C(C)C)c2)cn1. The van der Waals surface area contributed by atoms with E-state index in [1.807, 2.05) is 31.6 Å². The number of aryl methyl sites for hydroxylation is 1. The summed E-state index contributed by atoms with van der Waals surface area (Å²) in [4.78, 5) is 13.5. The lowest BCUT2D eigenvalue weighted by Gasteiger charge is -2.23. The molecule has 4 heteroatoms. The van der Waals surface area contributed by atoms with E-state index in [0.29, 0.717) is 11.8 Å². The summed E-state index contributed by atoms with van der Waals surface area (Å²) in [5, 5.41) is 0. The Labute approximate surface area is 178 Å². The van der Waals surface area contributed by atoms with E-state index in [0.717, 1.165) is 28.3 Å². The van der Waals surface area contributed by atoms with Gasteiger partial charge in [-0.2, -0.15) is 0 Å². The first-order chi connectivity index (χ1) is 14.5. The molecule has 0 aliphatic carbocycles. The van der Waals surface area contributed by atoms with E-state index >= 15 is 0 Å². The first kappa shape index (κ1) is 20.0. The fourth-order valence-corrected chi connectivity index (χ4v) is 3.83. The third kappa shape index (κ3) is 3.78. The molecule has 0 N–H and O–H groups in total. The van der Waals surface area contributed by atoms with Gasteiger partial charge in [-0.3, -0.25) is 4.57 Å². The lowest BCUT2D eigenvalue weighted by Crippen LogP contribution is -2.08. The van der Waals surface area contributed by atoms with Crippen LogP contribution >= 0.6 is 0 Å². The van der Waals surface area contributed by atoms with Crippen molar-refractivity contribution < 1.29 is 0 Å². The molecule has 0 bridgehead atoms. The molecule has 0 amide bonds. The predicted octanol–water partition coefficient (Wildman–Crippen LogP) is 6.55. The van der Waals surface area contributed by atoms with Crippen LogP contribution in [-0.4, -0.2) is 19.5 Å². The van der Waals surface area contributed by atoms with Crippen LogP contribution in [0.3, 0.4) is 0 Å². The van der Waals surface area contributed by atoms with E-state index in [2.05, 4.69) is 84.8 Å². The highest BCUT2D eigenvalue weighted by molar-refractivity contribution is 5.70. The third-order valence-electron chi connectivity index (χ3n) is 5.44. The highest BCUT2D eigenvalue weighted by Gasteiger charge is 2.20. The summed E-state index contributed by atoms with van der Waals surface area (Å²) in [7, 11) is 0. The Balaban J connectivity index is 1.97. The zero-order chi connectivity index (χ0) is 21.3. The standard InChI is InChI=1S/C26H28N4/c1-17(2)23-13-21(22-15-28-19(5)29-16-22)14-24(18(3)4)25(23)30-12-11-27-26(30)20-9-7-6-8-10-20/h6-18H,1-5H3. The highest BCUT2D eigenvalue weighted by atomic mass is 15.1. The molecule has 0 spiro atoms. The van der Waals surface area contributed by atoms with Crippen molar-refractivity contribution in [3.05, 3.63) is 84.2 Å². The molecular formula is C26H28N4. The summed E-state index contributed by atoms with van der Waals surface area (Å²) in [6, 6.07) is 14.9. The largest absolute Gasteiger partial charge is 0.299 e. The maximum atomic E-state index is 4.70. The zero-order valence-electron chi connectivity index (χ0n) is 18.3. The number of hydrogen-bond acceptors (Lipinski definition) is 3. The molecule has 152 valence electrons. The molecule has 4 aromatic rings. The first-order valence-corrected chi connectivity index (χ1v) is 10.5. The summed E-state index contributed by atoms with van der Waals surface area (Å²) >= 11 is 0. The number of nitrogens with zero attached hydrogens (tertiary/aromatic N) is 4. The highest BCUT2D eigenvalue weighted by Crippen LogP contribution is 2.37. The minimum Gasteiger partial charge on any atom is -0.299 e. The van der Waals surface area contributed by atoms with Crippen LogP contribution in [-0.2, 0) is 0 Å². The van der Waals surface area contributed by atoms with E-state index in [9.17, 15) is 0 Å². The van der Waals surface area contributed by atoms with E-state index in [1.165, 1.54) is 16.8 Å². The van der Waals surface area contributed by atoms with Crippen LogP contribution in [0.25, 0.3) is 28.2 Å². The Morgan fingerprint density at radius 3 is 1.90 bits per heavy atom. The average Bonchev–Trinajstić information content (AvgIpc) is 3.23. The summed E-state index contributed by atoms with van der Waals surface area (Å²) in [5.41, 5.74) is 7.15. The van der Waals surface area contributed by atoms with Crippen LogP contribution in [0.1, 0.15) is 56.5 Å². The number of aromatic nitrogens is 4. The Hall–Kier alpha value is -3.27. The maximum Gasteiger partial charge on any atom is 0.144 e. The average molecular weight is 397 g/mol. The minimum atomic E-state index is 0.356. The lowest BCUT2D eigenvalue weighted by molar-refractivity contribution is 0.807. The van der Waals surface area contributed by atoms with Crippen molar-refractivity contribution >= 4 is 0 Å². The molecule has 0 saturated carbocycles. The smallest absolute Gasteiger partial charge is 0.144 e. The van der Waals surface area contributed by atoms with Crippen LogP contribution in [0.4, 0.5) is 0 Å². The van der Waals surface area contributed by atoms with Gasteiger partial charge in [-0.25, -0.2) is 15.0 Å². The van der Waals surface area contributed by atoms with Gasteiger partial charge in [0.05, 0.1) is 5.69 Å². The topological polar surface area (TPSA) is 43.6 Å². The van der Waals surface area contributed by atoms with E-state index in [4.69, 9.17) is 4.98 Å². The second kappa shape index (κ2) is 8.23. The lowest BCUT2D eigenvalue weighted by atomic mass is 9.88. The molecule has 0 aliphatic rings. The van der Waals surface area contributed by atoms with Gasteiger partial charge in [-0.05, 0) is 47.6 Å². The molecule has 4 nitrogen and oxygen atoms in total. The van der Waals surface area contributed by atoms with Crippen molar-refractivity contribution in [3.63, 3.8) is 0 Å². The molecule has 2 heterocycles. The van der Waals surface area contributed by atoms with E-state index in [1.54, 1.807) is 0 Å². The molecule has 0 aliphatic heterocycles. The van der Waals surface area contributed by atoms with E-state index < -0.39 is 0 Å². The van der Waals surface area contributed by atoms with Crippen LogP contribution < -0.4 is 0 Å². The Bertz CT molecular complexity index is 1110. The predicted molar refractivity (Wildman–Crippen MR) is 123 cm³/mol. The quantitative estimate of drug-likeness (QED) is 0.384. The Morgan fingerprint density at radius 1 is 0.733 bits per heavy atom. The number of benzene rings is 2. The molecule has 2 aromatic carbocycles. The van der Waals surface area contributed by atoms with Gasteiger partial charge in [-0.15, -0.1) is 0 Å². The van der Waals surface area contributed by atoms with Crippen molar-refractivity contribution in [2.45, 2.75) is 46.5 Å². The van der Waals surface area contributed by atoms with Crippen LogP contribution in [0.15, 0.2) is 67.3 Å². The molecule has 4 rings (SSSR count). The van der Waals surface area contributed by atoms with Crippen molar-refractivity contribution in [3.8, 4) is 28.2 Å². The van der Waals surface area contributed by atoms with E-state index in [-0.39, 0.29) is 0 Å². The monoisotopic (exact) mass is 396 g/mol. The second-order valence-electron chi connectivity index (χ2n) is 8.32. The van der Waals surface area contributed by atoms with Crippen molar-refractivity contribution in [1.29, 1.82) is 0 Å². The van der Waals surface area contributed by atoms with Gasteiger partial charge in [0.15, 0.2) is 0 Å². The van der Waals surface area contributed by atoms with Crippen LogP contribution in [0.2, 0.25) is 0 Å². The normalized spacial score (nSPS) is 11.4. The molecule has 30 heavy (non-hydrogen) atoms. The Morgan fingerprint density at radius 2 is 1.33 bits per heavy atom. The molecular weight excluding hydrogens is 368 g/mol. The fourth-order valence-electron chi connectivity index (χ4n) is 3.83. The second-order valence-corrected chi connectivity index (χ2v) is 8.32. The van der Waals surface area contributed by atoms with Gasteiger partial charge in [0, 0.05) is 35.9 Å².